The third-order valence-corrected chi connectivity index (χ3v) is 1.95. The van der Waals surface area contributed by atoms with Gasteiger partial charge in [0.25, 0.3) is 0 Å². The number of carbonyl (C=O) groups is 2. The van der Waals surface area contributed by atoms with E-state index in [2.05, 4.69) is 0 Å². The summed E-state index contributed by atoms with van der Waals surface area (Å²) < 4.78 is 0. The molecule has 4 heteroatoms. The minimum Gasteiger partial charge on any atom is -0.478 e. The number of aromatic carboxylic acids is 1. The standard InChI is InChI=1S/C11H10O4/c1-7-3-2-4-9(11(14)15)8(7)5-6-10(12)13/h2-6H,1H3,(H,12,13)(H,14,15). The smallest absolute Gasteiger partial charge is 0.336 e. The van der Waals surface area contributed by atoms with E-state index in [0.717, 1.165) is 11.6 Å². The number of rotatable bonds is 3. The van der Waals surface area contributed by atoms with E-state index < -0.39 is 11.9 Å². The van der Waals surface area contributed by atoms with Crippen LogP contribution < -0.4 is 0 Å². The second-order valence-electron chi connectivity index (χ2n) is 3.01. The highest BCUT2D eigenvalue weighted by atomic mass is 16.4. The first-order valence-corrected chi connectivity index (χ1v) is 4.26. The summed E-state index contributed by atoms with van der Waals surface area (Å²) in [5.41, 5.74) is 1.26. The fourth-order valence-electron chi connectivity index (χ4n) is 1.24. The molecule has 0 unspecified atom stereocenters. The SMILES string of the molecule is Cc1cccc(C(=O)O)c1C=CC(=O)O. The molecule has 0 saturated carbocycles. The average Bonchev–Trinajstić information content (AvgIpc) is 2.15. The van der Waals surface area contributed by atoms with Gasteiger partial charge in [-0.3, -0.25) is 0 Å². The van der Waals surface area contributed by atoms with Crippen LogP contribution in [-0.4, -0.2) is 22.2 Å². The van der Waals surface area contributed by atoms with Crippen LogP contribution in [0, 0.1) is 6.92 Å². The number of hydrogen-bond donors (Lipinski definition) is 2. The van der Waals surface area contributed by atoms with Crippen molar-refractivity contribution in [2.24, 2.45) is 0 Å². The topological polar surface area (TPSA) is 74.6 Å². The molecule has 0 amide bonds. The molecule has 0 bridgehead atoms. The van der Waals surface area contributed by atoms with Crippen LogP contribution >= 0.6 is 0 Å². The van der Waals surface area contributed by atoms with Crippen molar-refractivity contribution in [2.45, 2.75) is 6.92 Å². The maximum Gasteiger partial charge on any atom is 0.336 e. The van der Waals surface area contributed by atoms with Crippen molar-refractivity contribution in [3.05, 3.63) is 41.0 Å². The van der Waals surface area contributed by atoms with Crippen LogP contribution in [0.25, 0.3) is 6.08 Å². The van der Waals surface area contributed by atoms with Gasteiger partial charge in [-0.05, 0) is 30.2 Å². The molecular weight excluding hydrogens is 196 g/mol. The predicted molar refractivity (Wildman–Crippen MR) is 54.8 cm³/mol. The number of hydrogen-bond acceptors (Lipinski definition) is 2. The minimum absolute atomic E-state index is 0.104. The monoisotopic (exact) mass is 206 g/mol. The first-order chi connectivity index (χ1) is 7.02. The molecule has 0 aliphatic heterocycles. The van der Waals surface area contributed by atoms with E-state index >= 15 is 0 Å². The highest BCUT2D eigenvalue weighted by molar-refractivity contribution is 5.95. The minimum atomic E-state index is -1.10. The lowest BCUT2D eigenvalue weighted by Gasteiger charge is -2.04. The molecule has 0 atom stereocenters. The number of aryl methyl sites for hydroxylation is 1. The van der Waals surface area contributed by atoms with Crippen molar-refractivity contribution >= 4 is 18.0 Å². The van der Waals surface area contributed by atoms with Gasteiger partial charge >= 0.3 is 11.9 Å². The Bertz CT molecular complexity index is 432. The fraction of sp³-hybridized carbons (Fsp3) is 0.0909. The molecule has 0 aliphatic rings. The van der Waals surface area contributed by atoms with E-state index in [-0.39, 0.29) is 5.56 Å². The predicted octanol–water partition coefficient (Wildman–Crippen LogP) is 1.79. The Balaban J connectivity index is 3.25. The van der Waals surface area contributed by atoms with Gasteiger partial charge in [-0.2, -0.15) is 0 Å². The van der Waals surface area contributed by atoms with Crippen molar-refractivity contribution in [2.75, 3.05) is 0 Å². The van der Waals surface area contributed by atoms with E-state index in [1.165, 1.54) is 12.1 Å². The van der Waals surface area contributed by atoms with Crippen molar-refractivity contribution < 1.29 is 19.8 Å². The molecule has 1 aromatic carbocycles. The molecule has 1 aromatic rings. The Kier molecular flexibility index (Phi) is 3.23. The van der Waals surface area contributed by atoms with Gasteiger partial charge in [0, 0.05) is 6.08 Å². The largest absolute Gasteiger partial charge is 0.478 e. The third-order valence-electron chi connectivity index (χ3n) is 1.95. The highest BCUT2D eigenvalue weighted by Gasteiger charge is 2.09. The zero-order valence-electron chi connectivity index (χ0n) is 8.10. The summed E-state index contributed by atoms with van der Waals surface area (Å²) in [6.45, 7) is 1.73. The molecule has 4 nitrogen and oxygen atoms in total. The molecule has 0 spiro atoms. The molecule has 0 saturated heterocycles. The van der Waals surface area contributed by atoms with Gasteiger partial charge in [0.2, 0.25) is 0 Å². The second-order valence-corrected chi connectivity index (χ2v) is 3.01. The molecule has 2 N–H and O–H groups in total. The normalized spacial score (nSPS) is 10.5. The summed E-state index contributed by atoms with van der Waals surface area (Å²) >= 11 is 0. The van der Waals surface area contributed by atoms with Crippen molar-refractivity contribution in [1.29, 1.82) is 0 Å². The number of benzene rings is 1. The van der Waals surface area contributed by atoms with Gasteiger partial charge in [-0.25, -0.2) is 9.59 Å². The maximum absolute atomic E-state index is 10.8. The van der Waals surface area contributed by atoms with Gasteiger partial charge < -0.3 is 10.2 Å². The van der Waals surface area contributed by atoms with Crippen molar-refractivity contribution in [3.63, 3.8) is 0 Å². The summed E-state index contributed by atoms with van der Waals surface area (Å²) in [6, 6.07) is 4.79. The molecular formula is C11H10O4. The van der Waals surface area contributed by atoms with Gasteiger partial charge in [0.15, 0.2) is 0 Å². The Morgan fingerprint density at radius 3 is 2.47 bits per heavy atom. The number of carboxylic acids is 2. The fourth-order valence-corrected chi connectivity index (χ4v) is 1.24. The maximum atomic E-state index is 10.8. The Morgan fingerprint density at radius 1 is 1.27 bits per heavy atom. The van der Waals surface area contributed by atoms with Gasteiger partial charge in [0.1, 0.15) is 0 Å². The lowest BCUT2D eigenvalue weighted by atomic mass is 10.0. The molecule has 0 radical (unpaired) electrons. The van der Waals surface area contributed by atoms with E-state index in [1.807, 2.05) is 0 Å². The first kappa shape index (κ1) is 11.0. The summed E-state index contributed by atoms with van der Waals surface area (Å²) in [4.78, 5) is 21.2. The lowest BCUT2D eigenvalue weighted by Crippen LogP contribution is -2.01. The van der Waals surface area contributed by atoms with E-state index in [1.54, 1.807) is 19.1 Å². The molecule has 0 fully saturated rings. The third kappa shape index (κ3) is 2.67. The summed E-state index contributed by atoms with van der Waals surface area (Å²) in [6.07, 6.45) is 2.22. The molecule has 0 aromatic heterocycles. The van der Waals surface area contributed by atoms with E-state index in [9.17, 15) is 9.59 Å². The van der Waals surface area contributed by atoms with E-state index in [0.29, 0.717) is 5.56 Å². The molecule has 1 rings (SSSR count). The van der Waals surface area contributed by atoms with Crippen LogP contribution in [0.3, 0.4) is 0 Å². The van der Waals surface area contributed by atoms with E-state index in [4.69, 9.17) is 10.2 Å². The Labute approximate surface area is 86.5 Å². The quantitative estimate of drug-likeness (QED) is 0.739. The van der Waals surface area contributed by atoms with Crippen LogP contribution in [0.2, 0.25) is 0 Å². The highest BCUT2D eigenvalue weighted by Crippen LogP contribution is 2.16. The van der Waals surface area contributed by atoms with Crippen LogP contribution in [0.5, 0.6) is 0 Å². The number of carboxylic acid groups (broad SMARTS) is 2. The van der Waals surface area contributed by atoms with Crippen LogP contribution in [0.4, 0.5) is 0 Å². The van der Waals surface area contributed by atoms with Crippen LogP contribution in [0.1, 0.15) is 21.5 Å². The first-order valence-electron chi connectivity index (χ1n) is 4.26. The average molecular weight is 206 g/mol. The molecule has 15 heavy (non-hydrogen) atoms. The van der Waals surface area contributed by atoms with Gasteiger partial charge in [0.05, 0.1) is 5.56 Å². The lowest BCUT2D eigenvalue weighted by molar-refractivity contribution is -0.131. The zero-order valence-corrected chi connectivity index (χ0v) is 8.10. The summed E-state index contributed by atoms with van der Waals surface area (Å²) in [5.74, 6) is -2.17. The van der Waals surface area contributed by atoms with Crippen molar-refractivity contribution in [3.8, 4) is 0 Å². The Hall–Kier alpha value is -2.10. The van der Waals surface area contributed by atoms with Gasteiger partial charge in [-0.15, -0.1) is 0 Å². The van der Waals surface area contributed by atoms with Crippen molar-refractivity contribution in [1.82, 2.24) is 0 Å². The second kappa shape index (κ2) is 4.41. The van der Waals surface area contributed by atoms with Crippen LogP contribution in [0.15, 0.2) is 24.3 Å². The number of aliphatic carboxylic acids is 1. The summed E-state index contributed by atoms with van der Waals surface area (Å²) in [5, 5.41) is 17.3. The zero-order chi connectivity index (χ0) is 11.4. The molecule has 0 aliphatic carbocycles. The Morgan fingerprint density at radius 2 is 1.93 bits per heavy atom. The molecule has 0 heterocycles. The summed E-state index contributed by atoms with van der Waals surface area (Å²) in [7, 11) is 0. The molecule has 78 valence electrons. The van der Waals surface area contributed by atoms with Gasteiger partial charge in [-0.1, -0.05) is 12.1 Å². The van der Waals surface area contributed by atoms with Crippen LogP contribution in [-0.2, 0) is 4.79 Å².